The topological polar surface area (TPSA) is 116 Å². The number of aromatic nitrogens is 2. The van der Waals surface area contributed by atoms with E-state index in [1.165, 1.54) is 12.4 Å². The quantitative estimate of drug-likeness (QED) is 0.626. The van der Waals surface area contributed by atoms with Gasteiger partial charge in [-0.05, 0) is 6.92 Å². The van der Waals surface area contributed by atoms with E-state index >= 15 is 0 Å². The van der Waals surface area contributed by atoms with Crippen LogP contribution in [0.25, 0.3) is 0 Å². The van der Waals surface area contributed by atoms with Crippen LogP contribution in [-0.4, -0.2) is 34.5 Å². The average molecular weight is 354 g/mol. The highest BCUT2D eigenvalue weighted by atomic mass is 19.3. The molecule has 0 aliphatic heterocycles. The number of rotatable bonds is 6. The summed E-state index contributed by atoms with van der Waals surface area (Å²) in [7, 11) is 1.15. The number of carbonyl (C=O) groups excluding carboxylic acids is 1. The van der Waals surface area contributed by atoms with Gasteiger partial charge in [0.25, 0.3) is 11.6 Å². The average Bonchev–Trinajstić information content (AvgIpc) is 2.53. The first-order valence-corrected chi connectivity index (χ1v) is 6.73. The molecule has 9 nitrogen and oxygen atoms in total. The number of methoxy groups -OCH3 is 1. The van der Waals surface area contributed by atoms with Gasteiger partial charge in [-0.2, -0.15) is 8.78 Å². The van der Waals surface area contributed by atoms with Crippen molar-refractivity contribution in [1.29, 1.82) is 0 Å². The molecular weight excluding hydrogens is 342 g/mol. The van der Waals surface area contributed by atoms with Crippen LogP contribution in [0.1, 0.15) is 16.1 Å². The number of nitrogens with zero attached hydrogens (tertiary/aromatic N) is 3. The number of aryl methyl sites for hydroxylation is 1. The maximum absolute atomic E-state index is 12.4. The molecule has 0 fully saturated rings. The molecule has 0 saturated heterocycles. The summed E-state index contributed by atoms with van der Waals surface area (Å²) in [6.07, 6.45) is 1.21. The summed E-state index contributed by atoms with van der Waals surface area (Å²) < 4.78 is 33.9. The molecule has 0 unspecified atom stereocenters. The fourth-order valence-corrected chi connectivity index (χ4v) is 1.94. The molecule has 1 N–H and O–H groups in total. The number of amides is 1. The predicted molar refractivity (Wildman–Crippen MR) is 81.0 cm³/mol. The van der Waals surface area contributed by atoms with Crippen LogP contribution in [0.3, 0.4) is 0 Å². The molecule has 0 aliphatic rings. The molecular formula is C14H12F2N4O5. The number of halogens is 2. The van der Waals surface area contributed by atoms with E-state index < -0.39 is 34.4 Å². The molecule has 2 aromatic rings. The van der Waals surface area contributed by atoms with Gasteiger partial charge < -0.3 is 14.8 Å². The summed E-state index contributed by atoms with van der Waals surface area (Å²) in [6, 6.07) is 3.10. The van der Waals surface area contributed by atoms with Crippen LogP contribution in [0.2, 0.25) is 0 Å². The normalized spacial score (nSPS) is 10.4. The van der Waals surface area contributed by atoms with Crippen molar-refractivity contribution in [2.24, 2.45) is 0 Å². The third kappa shape index (κ3) is 4.34. The van der Waals surface area contributed by atoms with Crippen molar-refractivity contribution in [3.8, 4) is 11.5 Å². The van der Waals surface area contributed by atoms with Gasteiger partial charge in [-0.1, -0.05) is 0 Å². The summed E-state index contributed by atoms with van der Waals surface area (Å²) >= 11 is 0. The molecule has 132 valence electrons. The first-order valence-electron chi connectivity index (χ1n) is 6.73. The fourth-order valence-electron chi connectivity index (χ4n) is 1.94. The van der Waals surface area contributed by atoms with Crippen molar-refractivity contribution in [2.45, 2.75) is 13.5 Å². The number of benzene rings is 1. The lowest BCUT2D eigenvalue weighted by atomic mass is 10.1. The first-order chi connectivity index (χ1) is 11.8. The number of nitrogens with one attached hydrogen (secondary N) is 1. The number of alkyl halides is 2. The maximum Gasteiger partial charge on any atom is 0.387 e. The second-order valence-electron chi connectivity index (χ2n) is 4.65. The van der Waals surface area contributed by atoms with Gasteiger partial charge in [-0.15, -0.1) is 0 Å². The second kappa shape index (κ2) is 7.47. The number of hydrogen-bond acceptors (Lipinski definition) is 7. The van der Waals surface area contributed by atoms with E-state index in [-0.39, 0.29) is 11.6 Å². The molecule has 1 heterocycles. The van der Waals surface area contributed by atoms with E-state index in [2.05, 4.69) is 20.0 Å². The molecule has 0 spiro atoms. The van der Waals surface area contributed by atoms with Crippen molar-refractivity contribution in [3.63, 3.8) is 0 Å². The van der Waals surface area contributed by atoms with Crippen molar-refractivity contribution in [1.82, 2.24) is 9.97 Å². The number of nitro groups is 1. The van der Waals surface area contributed by atoms with E-state index in [9.17, 15) is 23.7 Å². The predicted octanol–water partition coefficient (Wildman–Crippen LogP) is 2.56. The van der Waals surface area contributed by atoms with Crippen molar-refractivity contribution < 1.29 is 28.0 Å². The highest BCUT2D eigenvalue weighted by Gasteiger charge is 2.26. The first kappa shape index (κ1) is 18.0. The Hall–Kier alpha value is -3.37. The third-order valence-corrected chi connectivity index (χ3v) is 2.98. The van der Waals surface area contributed by atoms with Crippen LogP contribution in [0, 0.1) is 17.0 Å². The number of carbonyl (C=O) groups is 1. The van der Waals surface area contributed by atoms with Crippen molar-refractivity contribution >= 4 is 17.4 Å². The van der Waals surface area contributed by atoms with Gasteiger partial charge in [0.2, 0.25) is 0 Å². The highest BCUT2D eigenvalue weighted by Crippen LogP contribution is 2.35. The minimum Gasteiger partial charge on any atom is -0.493 e. The summed E-state index contributed by atoms with van der Waals surface area (Å²) in [4.78, 5) is 30.3. The minimum atomic E-state index is -3.21. The number of anilines is 1. The molecule has 0 radical (unpaired) electrons. The molecule has 1 aromatic heterocycles. The van der Waals surface area contributed by atoms with Gasteiger partial charge in [0.1, 0.15) is 17.7 Å². The molecule has 11 heteroatoms. The Labute approximate surface area is 139 Å². The fraction of sp³-hybridized carbons (Fsp3) is 0.214. The van der Waals surface area contributed by atoms with Crippen LogP contribution in [0.4, 0.5) is 20.3 Å². The lowest BCUT2D eigenvalue weighted by molar-refractivity contribution is -0.385. The second-order valence-corrected chi connectivity index (χ2v) is 4.65. The molecule has 0 atom stereocenters. The van der Waals surface area contributed by atoms with E-state index in [0.717, 1.165) is 13.2 Å². The standard InChI is InChI=1S/C14H12F2N4O5/c1-7-3-12(18-6-17-7)19-13(21)8-4-10(24-2)11(25-14(15)16)5-9(8)20(22)23/h3-6,14H,1-2H3,(H,17,18,19,21). The van der Waals surface area contributed by atoms with Crippen LogP contribution in [0.5, 0.6) is 11.5 Å². The van der Waals surface area contributed by atoms with E-state index in [1.54, 1.807) is 6.92 Å². The number of ether oxygens (including phenoxy) is 2. The van der Waals surface area contributed by atoms with Crippen LogP contribution < -0.4 is 14.8 Å². The summed E-state index contributed by atoms with van der Waals surface area (Å²) in [5.74, 6) is -1.56. The highest BCUT2D eigenvalue weighted by molar-refractivity contribution is 6.07. The zero-order valence-corrected chi connectivity index (χ0v) is 13.0. The summed E-state index contributed by atoms with van der Waals surface area (Å²) in [5.41, 5.74) is -0.558. The van der Waals surface area contributed by atoms with Gasteiger partial charge in [0.15, 0.2) is 11.5 Å². The lowest BCUT2D eigenvalue weighted by Gasteiger charge is -2.12. The van der Waals surface area contributed by atoms with E-state index in [4.69, 9.17) is 4.74 Å². The minimum absolute atomic E-state index is 0.124. The van der Waals surface area contributed by atoms with Gasteiger partial charge in [-0.3, -0.25) is 14.9 Å². The van der Waals surface area contributed by atoms with Crippen LogP contribution in [-0.2, 0) is 0 Å². The number of hydrogen-bond donors (Lipinski definition) is 1. The Kier molecular flexibility index (Phi) is 5.37. The van der Waals surface area contributed by atoms with Crippen molar-refractivity contribution in [3.05, 3.63) is 45.9 Å². The maximum atomic E-state index is 12.4. The van der Waals surface area contributed by atoms with Gasteiger partial charge in [-0.25, -0.2) is 9.97 Å². The Morgan fingerprint density at radius 3 is 2.56 bits per heavy atom. The van der Waals surface area contributed by atoms with E-state index in [1.807, 2.05) is 0 Å². The van der Waals surface area contributed by atoms with Gasteiger partial charge in [0.05, 0.1) is 18.1 Å². The third-order valence-electron chi connectivity index (χ3n) is 2.98. The summed E-state index contributed by atoms with van der Waals surface area (Å²) in [5, 5.41) is 13.6. The van der Waals surface area contributed by atoms with E-state index in [0.29, 0.717) is 11.8 Å². The Balaban J connectivity index is 2.44. The molecule has 2 rings (SSSR count). The monoisotopic (exact) mass is 354 g/mol. The van der Waals surface area contributed by atoms with Gasteiger partial charge >= 0.3 is 6.61 Å². The van der Waals surface area contributed by atoms with Crippen LogP contribution in [0.15, 0.2) is 24.5 Å². The zero-order valence-electron chi connectivity index (χ0n) is 13.0. The smallest absolute Gasteiger partial charge is 0.387 e. The number of nitro benzene ring substituents is 1. The molecule has 25 heavy (non-hydrogen) atoms. The molecule has 1 aromatic carbocycles. The SMILES string of the molecule is COc1cc(C(=O)Nc2cc(C)ncn2)c([N+](=O)[O-])cc1OC(F)F. The Bertz CT molecular complexity index is 816. The van der Waals surface area contributed by atoms with Crippen LogP contribution >= 0.6 is 0 Å². The molecule has 1 amide bonds. The summed E-state index contributed by atoms with van der Waals surface area (Å²) in [6.45, 7) is -1.54. The van der Waals surface area contributed by atoms with Crippen molar-refractivity contribution in [2.75, 3.05) is 12.4 Å². The molecule has 0 saturated carbocycles. The van der Waals surface area contributed by atoms with Gasteiger partial charge in [0, 0.05) is 17.8 Å². The lowest BCUT2D eigenvalue weighted by Crippen LogP contribution is -2.16. The Morgan fingerprint density at radius 1 is 1.28 bits per heavy atom. The molecule has 0 aliphatic carbocycles. The largest absolute Gasteiger partial charge is 0.493 e. The molecule has 0 bridgehead atoms. The zero-order chi connectivity index (χ0) is 18.6. The Morgan fingerprint density at radius 2 is 2.00 bits per heavy atom.